The maximum atomic E-state index is 12.9. The average Bonchev–Trinajstić information content (AvgIpc) is 2.74. The van der Waals surface area contributed by atoms with E-state index >= 15 is 0 Å². The minimum Gasteiger partial charge on any atom is -0.385 e. The lowest BCUT2D eigenvalue weighted by atomic mass is 9.77. The van der Waals surface area contributed by atoms with Crippen LogP contribution >= 0.6 is 0 Å². The number of hydrogen-bond donors (Lipinski definition) is 1. The molecular formula is C24H25NO2. The maximum Gasteiger partial charge on any atom is 0.221 e. The van der Waals surface area contributed by atoms with Gasteiger partial charge in [-0.15, -0.1) is 0 Å². The van der Waals surface area contributed by atoms with Crippen LogP contribution in [0.2, 0.25) is 0 Å². The fourth-order valence-corrected chi connectivity index (χ4v) is 3.43. The Bertz CT molecular complexity index is 735. The lowest BCUT2D eigenvalue weighted by molar-refractivity contribution is -0.122. The van der Waals surface area contributed by atoms with Crippen molar-refractivity contribution in [3.8, 4) is 0 Å². The van der Waals surface area contributed by atoms with Crippen molar-refractivity contribution in [2.24, 2.45) is 0 Å². The predicted octanol–water partition coefficient (Wildman–Crippen LogP) is 4.52. The smallest absolute Gasteiger partial charge is 0.221 e. The molecule has 138 valence electrons. The zero-order valence-corrected chi connectivity index (χ0v) is 15.6. The van der Waals surface area contributed by atoms with E-state index in [0.29, 0.717) is 19.4 Å². The molecule has 3 rings (SSSR count). The van der Waals surface area contributed by atoms with Crippen LogP contribution in [0.5, 0.6) is 0 Å². The molecule has 0 atom stereocenters. The largest absolute Gasteiger partial charge is 0.385 e. The summed E-state index contributed by atoms with van der Waals surface area (Å²) in [5.41, 5.74) is 2.35. The summed E-state index contributed by atoms with van der Waals surface area (Å²) in [5.74, 6) is 0.00334. The first-order valence-corrected chi connectivity index (χ1v) is 9.24. The van der Waals surface area contributed by atoms with Crippen LogP contribution in [0.25, 0.3) is 0 Å². The number of hydrogen-bond acceptors (Lipinski definition) is 2. The van der Waals surface area contributed by atoms with Gasteiger partial charge >= 0.3 is 0 Å². The van der Waals surface area contributed by atoms with Crippen LogP contribution in [0, 0.1) is 0 Å². The van der Waals surface area contributed by atoms with Crippen molar-refractivity contribution in [2.45, 2.75) is 18.4 Å². The monoisotopic (exact) mass is 359 g/mol. The first-order chi connectivity index (χ1) is 13.3. The first-order valence-electron chi connectivity index (χ1n) is 9.24. The number of rotatable bonds is 8. The summed E-state index contributed by atoms with van der Waals surface area (Å²) in [5, 5.41) is 3.34. The molecule has 1 N–H and O–H groups in total. The van der Waals surface area contributed by atoms with Gasteiger partial charge in [-0.1, -0.05) is 91.0 Å². The number of carbonyl (C=O) groups is 1. The zero-order chi connectivity index (χ0) is 19.0. The number of benzene rings is 3. The molecule has 0 heterocycles. The summed E-state index contributed by atoms with van der Waals surface area (Å²) in [7, 11) is 1.65. The van der Waals surface area contributed by atoms with E-state index in [1.807, 2.05) is 54.6 Å². The molecule has 0 fully saturated rings. The molecule has 0 aliphatic rings. The van der Waals surface area contributed by atoms with Crippen LogP contribution in [0.3, 0.4) is 0 Å². The Balaban J connectivity index is 2.12. The molecule has 0 aromatic heterocycles. The molecule has 0 spiro atoms. The van der Waals surface area contributed by atoms with Crippen LogP contribution in [-0.4, -0.2) is 19.6 Å². The second kappa shape index (κ2) is 9.15. The van der Waals surface area contributed by atoms with Gasteiger partial charge in [-0.2, -0.15) is 0 Å². The van der Waals surface area contributed by atoms with Crippen LogP contribution in [0.15, 0.2) is 91.0 Å². The molecule has 1 amide bonds. The van der Waals surface area contributed by atoms with Gasteiger partial charge in [0.25, 0.3) is 0 Å². The Morgan fingerprint density at radius 1 is 0.778 bits per heavy atom. The molecule has 0 saturated carbocycles. The molecule has 0 saturated heterocycles. The molecule has 3 heteroatoms. The third-order valence-corrected chi connectivity index (χ3v) is 4.70. The molecule has 0 aliphatic heterocycles. The Labute approximate surface area is 161 Å². The Morgan fingerprint density at radius 2 is 1.19 bits per heavy atom. The standard InChI is InChI=1S/C24H25NO2/c1-27-19-11-18-23(26)25-24(20-12-5-2-6-13-20,21-14-7-3-8-15-21)22-16-9-4-10-17-22/h2-10,12-17H,11,18-19H2,1H3,(H,25,26). The van der Waals surface area contributed by atoms with Gasteiger partial charge in [0.05, 0.1) is 0 Å². The van der Waals surface area contributed by atoms with E-state index < -0.39 is 5.54 Å². The fraction of sp³-hybridized carbons (Fsp3) is 0.208. The molecule has 0 radical (unpaired) electrons. The molecule has 0 aliphatic carbocycles. The maximum absolute atomic E-state index is 12.9. The molecule has 3 aromatic carbocycles. The predicted molar refractivity (Wildman–Crippen MR) is 108 cm³/mol. The first kappa shape index (κ1) is 18.9. The van der Waals surface area contributed by atoms with Gasteiger partial charge in [0.15, 0.2) is 0 Å². The Kier molecular flexibility index (Phi) is 6.39. The summed E-state index contributed by atoms with van der Waals surface area (Å²) in [6.45, 7) is 0.572. The van der Waals surface area contributed by atoms with E-state index in [4.69, 9.17) is 4.74 Å². The van der Waals surface area contributed by atoms with Gasteiger partial charge in [-0.25, -0.2) is 0 Å². The van der Waals surface area contributed by atoms with Gasteiger partial charge < -0.3 is 10.1 Å². The highest BCUT2D eigenvalue weighted by Gasteiger charge is 2.37. The molecule has 3 nitrogen and oxygen atoms in total. The number of carbonyl (C=O) groups excluding carboxylic acids is 1. The summed E-state index contributed by atoms with van der Waals surface area (Å²) in [6.07, 6.45) is 1.11. The normalized spacial score (nSPS) is 11.1. The van der Waals surface area contributed by atoms with Crippen molar-refractivity contribution in [3.05, 3.63) is 108 Å². The summed E-state index contributed by atoms with van der Waals surface area (Å²) >= 11 is 0. The highest BCUT2D eigenvalue weighted by atomic mass is 16.5. The summed E-state index contributed by atoms with van der Waals surface area (Å²) in [6, 6.07) is 30.4. The van der Waals surface area contributed by atoms with Crippen LogP contribution in [-0.2, 0) is 15.1 Å². The van der Waals surface area contributed by atoms with Gasteiger partial charge in [0, 0.05) is 20.1 Å². The lowest BCUT2D eigenvalue weighted by Crippen LogP contribution is -2.47. The fourth-order valence-electron chi connectivity index (χ4n) is 3.43. The highest BCUT2D eigenvalue weighted by molar-refractivity contribution is 5.79. The number of methoxy groups -OCH3 is 1. The van der Waals surface area contributed by atoms with E-state index in [1.165, 1.54) is 0 Å². The van der Waals surface area contributed by atoms with Gasteiger partial charge in [-0.3, -0.25) is 4.79 Å². The Hall–Kier alpha value is -2.91. The third-order valence-electron chi connectivity index (χ3n) is 4.70. The average molecular weight is 359 g/mol. The third kappa shape index (κ3) is 4.26. The SMILES string of the molecule is COCCCC(=O)NC(c1ccccc1)(c1ccccc1)c1ccccc1. The number of ether oxygens (including phenoxy) is 1. The van der Waals surface area contributed by atoms with E-state index in [0.717, 1.165) is 16.7 Å². The van der Waals surface area contributed by atoms with Crippen LogP contribution in [0.1, 0.15) is 29.5 Å². The van der Waals surface area contributed by atoms with E-state index in [1.54, 1.807) is 7.11 Å². The van der Waals surface area contributed by atoms with Crippen molar-refractivity contribution in [3.63, 3.8) is 0 Å². The minimum atomic E-state index is -0.742. The van der Waals surface area contributed by atoms with Gasteiger partial charge in [0.1, 0.15) is 5.54 Å². The van der Waals surface area contributed by atoms with Crippen molar-refractivity contribution in [1.82, 2.24) is 5.32 Å². The zero-order valence-electron chi connectivity index (χ0n) is 15.6. The summed E-state index contributed by atoms with van der Waals surface area (Å²) < 4.78 is 5.10. The van der Waals surface area contributed by atoms with Crippen LogP contribution < -0.4 is 5.32 Å². The molecular weight excluding hydrogens is 334 g/mol. The van der Waals surface area contributed by atoms with Gasteiger partial charge in [0.2, 0.25) is 5.91 Å². The van der Waals surface area contributed by atoms with Gasteiger partial charge in [-0.05, 0) is 23.1 Å². The van der Waals surface area contributed by atoms with Crippen LogP contribution in [0.4, 0.5) is 0 Å². The quantitative estimate of drug-likeness (QED) is 0.474. The second-order valence-electron chi connectivity index (χ2n) is 6.49. The van der Waals surface area contributed by atoms with E-state index in [2.05, 4.69) is 41.7 Å². The molecule has 0 bridgehead atoms. The molecule has 0 unspecified atom stereocenters. The molecule has 27 heavy (non-hydrogen) atoms. The number of amides is 1. The van der Waals surface area contributed by atoms with E-state index in [-0.39, 0.29) is 5.91 Å². The van der Waals surface area contributed by atoms with E-state index in [9.17, 15) is 4.79 Å². The van der Waals surface area contributed by atoms with Crippen molar-refractivity contribution in [1.29, 1.82) is 0 Å². The molecule has 3 aromatic rings. The number of nitrogens with one attached hydrogen (secondary N) is 1. The van der Waals surface area contributed by atoms with Crippen molar-refractivity contribution in [2.75, 3.05) is 13.7 Å². The topological polar surface area (TPSA) is 38.3 Å². The minimum absolute atomic E-state index is 0.00334. The summed E-state index contributed by atoms with van der Waals surface area (Å²) in [4.78, 5) is 12.9. The second-order valence-corrected chi connectivity index (χ2v) is 6.49. The van der Waals surface area contributed by atoms with Crippen molar-refractivity contribution < 1.29 is 9.53 Å². The highest BCUT2D eigenvalue weighted by Crippen LogP contribution is 2.36. The Morgan fingerprint density at radius 3 is 1.56 bits per heavy atom. The lowest BCUT2D eigenvalue weighted by Gasteiger charge is -2.37. The van der Waals surface area contributed by atoms with Crippen molar-refractivity contribution >= 4 is 5.91 Å².